The molecule has 0 aliphatic carbocycles. The summed E-state index contributed by atoms with van der Waals surface area (Å²) in [4.78, 5) is 21.0. The molecule has 170 valence electrons. The molecule has 3 aromatic carbocycles. The van der Waals surface area contributed by atoms with E-state index in [9.17, 15) is 9.90 Å². The average Bonchev–Trinajstić information content (AvgIpc) is 3.26. The summed E-state index contributed by atoms with van der Waals surface area (Å²) >= 11 is 6.00. The minimum atomic E-state index is -0.305. The van der Waals surface area contributed by atoms with E-state index >= 15 is 0 Å². The molecule has 34 heavy (non-hydrogen) atoms. The Labute approximate surface area is 200 Å². The molecule has 0 amide bonds. The van der Waals surface area contributed by atoms with Crippen LogP contribution in [0.4, 0.5) is 0 Å². The Bertz CT molecular complexity index is 1580. The second-order valence-electron chi connectivity index (χ2n) is 7.91. The predicted octanol–water partition coefficient (Wildman–Crippen LogP) is 5.50. The third kappa shape index (κ3) is 3.93. The van der Waals surface area contributed by atoms with E-state index < -0.39 is 0 Å². The molecule has 0 atom stereocenters. The monoisotopic (exact) mass is 471 g/mol. The first-order valence-corrected chi connectivity index (χ1v) is 11.2. The number of aromatic amines is 1. The maximum absolute atomic E-state index is 13.2. The Morgan fingerprint density at radius 1 is 1.06 bits per heavy atom. The zero-order valence-corrected chi connectivity index (χ0v) is 19.2. The van der Waals surface area contributed by atoms with E-state index in [1.165, 1.54) is 4.57 Å². The van der Waals surface area contributed by atoms with Gasteiger partial charge in [-0.25, -0.2) is 4.57 Å². The summed E-state index contributed by atoms with van der Waals surface area (Å²) in [6.07, 6.45) is 4.32. The normalized spacial score (nSPS) is 11.6. The van der Waals surface area contributed by atoms with Crippen molar-refractivity contribution in [3.8, 4) is 17.3 Å². The first-order valence-electron chi connectivity index (χ1n) is 10.8. The second-order valence-corrected chi connectivity index (χ2v) is 8.35. The molecule has 0 saturated carbocycles. The number of aliphatic imine (C=N–C) groups is 1. The minimum absolute atomic E-state index is 0.161. The van der Waals surface area contributed by atoms with E-state index in [1.54, 1.807) is 49.7 Å². The van der Waals surface area contributed by atoms with Crippen molar-refractivity contribution in [2.24, 2.45) is 4.99 Å². The largest absolute Gasteiger partial charge is 0.497 e. The zero-order valence-electron chi connectivity index (χ0n) is 18.5. The van der Waals surface area contributed by atoms with Crippen LogP contribution in [-0.4, -0.2) is 34.5 Å². The molecule has 7 heteroatoms. The zero-order chi connectivity index (χ0) is 23.7. The number of benzene rings is 3. The molecular weight excluding hydrogens is 450 g/mol. The van der Waals surface area contributed by atoms with Crippen molar-refractivity contribution in [1.82, 2.24) is 9.55 Å². The van der Waals surface area contributed by atoms with Gasteiger partial charge in [0.25, 0.3) is 5.56 Å². The van der Waals surface area contributed by atoms with E-state index in [1.807, 2.05) is 36.5 Å². The lowest BCUT2D eigenvalue weighted by molar-refractivity contribution is 0.415. The van der Waals surface area contributed by atoms with Crippen LogP contribution in [0.3, 0.4) is 0 Å². The SMILES string of the molecule is COc1ccc2[nH]cc(CCN=Cc3c(O)n(-c4ccc(Cl)cc4)c(=O)c4ccccc34)c2c1. The molecule has 2 N–H and O–H groups in total. The van der Waals surface area contributed by atoms with Crippen LogP contribution in [0.5, 0.6) is 11.6 Å². The molecule has 0 aliphatic heterocycles. The van der Waals surface area contributed by atoms with Crippen molar-refractivity contribution in [2.75, 3.05) is 13.7 Å². The highest BCUT2D eigenvalue weighted by atomic mass is 35.5. The number of aromatic hydroxyl groups is 1. The molecule has 0 bridgehead atoms. The van der Waals surface area contributed by atoms with Crippen LogP contribution in [0.2, 0.25) is 5.02 Å². The van der Waals surface area contributed by atoms with Gasteiger partial charge >= 0.3 is 0 Å². The smallest absolute Gasteiger partial charge is 0.265 e. The maximum atomic E-state index is 13.2. The van der Waals surface area contributed by atoms with E-state index in [2.05, 4.69) is 9.98 Å². The van der Waals surface area contributed by atoms with Crippen LogP contribution in [0, 0.1) is 0 Å². The van der Waals surface area contributed by atoms with Crippen molar-refractivity contribution >= 4 is 39.5 Å². The highest BCUT2D eigenvalue weighted by molar-refractivity contribution is 6.30. The maximum Gasteiger partial charge on any atom is 0.265 e. The number of rotatable bonds is 6. The molecule has 2 heterocycles. The summed E-state index contributed by atoms with van der Waals surface area (Å²) in [5.74, 6) is 0.643. The van der Waals surface area contributed by atoms with Gasteiger partial charge in [0.1, 0.15) is 5.75 Å². The van der Waals surface area contributed by atoms with Gasteiger partial charge in [-0.1, -0.05) is 29.8 Å². The Morgan fingerprint density at radius 2 is 1.82 bits per heavy atom. The Hall–Kier alpha value is -4.03. The molecule has 5 aromatic rings. The molecule has 2 aromatic heterocycles. The van der Waals surface area contributed by atoms with Crippen molar-refractivity contribution < 1.29 is 9.84 Å². The molecule has 0 radical (unpaired) electrons. The summed E-state index contributed by atoms with van der Waals surface area (Å²) in [6, 6.07) is 19.9. The van der Waals surface area contributed by atoms with Crippen LogP contribution in [0.15, 0.2) is 82.7 Å². The first-order chi connectivity index (χ1) is 16.6. The van der Waals surface area contributed by atoms with Gasteiger partial charge in [-0.15, -0.1) is 0 Å². The van der Waals surface area contributed by atoms with Gasteiger partial charge in [-0.3, -0.25) is 9.79 Å². The molecular formula is C27H22ClN3O3. The summed E-state index contributed by atoms with van der Waals surface area (Å²) < 4.78 is 6.63. The number of aromatic nitrogens is 2. The second kappa shape index (κ2) is 9.08. The molecule has 0 saturated heterocycles. The van der Waals surface area contributed by atoms with Crippen LogP contribution >= 0.6 is 11.6 Å². The first kappa shape index (κ1) is 21.8. The molecule has 5 rings (SSSR count). The number of halogens is 1. The highest BCUT2D eigenvalue weighted by Crippen LogP contribution is 2.27. The van der Waals surface area contributed by atoms with Gasteiger partial charge in [-0.05, 0) is 60.5 Å². The van der Waals surface area contributed by atoms with E-state index in [-0.39, 0.29) is 11.4 Å². The molecule has 0 fully saturated rings. The fraction of sp³-hybridized carbons (Fsp3) is 0.111. The van der Waals surface area contributed by atoms with Gasteiger partial charge in [0.2, 0.25) is 5.88 Å². The van der Waals surface area contributed by atoms with Crippen molar-refractivity contribution in [2.45, 2.75) is 6.42 Å². The number of nitrogens with zero attached hydrogens (tertiary/aromatic N) is 2. The predicted molar refractivity (Wildman–Crippen MR) is 137 cm³/mol. The number of nitrogens with one attached hydrogen (secondary N) is 1. The molecule has 6 nitrogen and oxygen atoms in total. The summed E-state index contributed by atoms with van der Waals surface area (Å²) in [6.45, 7) is 0.512. The number of pyridine rings is 1. The number of fused-ring (bicyclic) bond motifs is 2. The van der Waals surface area contributed by atoms with Gasteiger partial charge in [-0.2, -0.15) is 0 Å². The van der Waals surface area contributed by atoms with Crippen LogP contribution < -0.4 is 10.3 Å². The van der Waals surface area contributed by atoms with Crippen molar-refractivity contribution in [3.05, 3.63) is 99.4 Å². The van der Waals surface area contributed by atoms with Crippen LogP contribution in [0.25, 0.3) is 27.4 Å². The number of ether oxygens (including phenoxy) is 1. The van der Waals surface area contributed by atoms with Crippen molar-refractivity contribution in [1.29, 1.82) is 0 Å². The fourth-order valence-corrected chi connectivity index (χ4v) is 4.28. The quantitative estimate of drug-likeness (QED) is 0.321. The number of hydrogen-bond donors (Lipinski definition) is 2. The van der Waals surface area contributed by atoms with Crippen molar-refractivity contribution in [3.63, 3.8) is 0 Å². The van der Waals surface area contributed by atoms with Gasteiger partial charge in [0, 0.05) is 45.7 Å². The molecule has 0 spiro atoms. The van der Waals surface area contributed by atoms with Crippen LogP contribution in [0.1, 0.15) is 11.1 Å². The van der Waals surface area contributed by atoms with Crippen LogP contribution in [-0.2, 0) is 6.42 Å². The van der Waals surface area contributed by atoms with Gasteiger partial charge in [0.15, 0.2) is 0 Å². The Balaban J connectivity index is 1.50. The topological polar surface area (TPSA) is 79.6 Å². The van der Waals surface area contributed by atoms with E-state index in [0.717, 1.165) is 22.2 Å². The highest BCUT2D eigenvalue weighted by Gasteiger charge is 2.16. The third-order valence-electron chi connectivity index (χ3n) is 5.89. The number of H-pyrrole nitrogens is 1. The lowest BCUT2D eigenvalue weighted by atomic mass is 10.1. The lowest BCUT2D eigenvalue weighted by Crippen LogP contribution is -2.20. The van der Waals surface area contributed by atoms with E-state index in [0.29, 0.717) is 40.0 Å². The summed E-state index contributed by atoms with van der Waals surface area (Å²) in [5.41, 5.74) is 2.89. The lowest BCUT2D eigenvalue weighted by Gasteiger charge is -2.13. The van der Waals surface area contributed by atoms with Gasteiger partial charge < -0.3 is 14.8 Å². The summed E-state index contributed by atoms with van der Waals surface area (Å²) in [7, 11) is 1.65. The molecule has 0 unspecified atom stereocenters. The summed E-state index contributed by atoms with van der Waals surface area (Å²) in [5, 5.41) is 13.9. The standard InChI is InChI=1S/C27H22ClN3O3/c1-34-20-10-11-25-23(14-20)17(15-30-25)12-13-29-16-24-21-4-2-3-5-22(21)26(32)31(27(24)33)19-8-6-18(28)7-9-19/h2-11,14-16,30,33H,12-13H2,1H3. The molecule has 0 aliphatic rings. The third-order valence-corrected chi connectivity index (χ3v) is 6.15. The van der Waals surface area contributed by atoms with Gasteiger partial charge in [0.05, 0.1) is 18.4 Å². The fourth-order valence-electron chi connectivity index (χ4n) is 4.15. The number of hydrogen-bond acceptors (Lipinski definition) is 4. The Kier molecular flexibility index (Phi) is 5.82. The minimum Gasteiger partial charge on any atom is -0.497 e. The Morgan fingerprint density at radius 3 is 2.59 bits per heavy atom. The average molecular weight is 472 g/mol. The van der Waals surface area contributed by atoms with E-state index in [4.69, 9.17) is 16.3 Å². The number of methoxy groups -OCH3 is 1.